The van der Waals surface area contributed by atoms with E-state index in [9.17, 15) is 4.79 Å². The van der Waals surface area contributed by atoms with Crippen LogP contribution in [0.5, 0.6) is 0 Å². The highest BCUT2D eigenvalue weighted by atomic mass is 16.5. The van der Waals surface area contributed by atoms with E-state index in [-0.39, 0.29) is 5.92 Å². The molecule has 0 spiro atoms. The predicted molar refractivity (Wildman–Crippen MR) is 57.5 cm³/mol. The third kappa shape index (κ3) is 2.77. The number of hydrogen-bond acceptors (Lipinski definition) is 4. The maximum atomic E-state index is 11.8. The number of nitrogens with two attached hydrogens (primary N) is 1. The maximum Gasteiger partial charge on any atom is 0.152 e. The molecule has 0 radical (unpaired) electrons. The molecule has 0 bridgehead atoms. The van der Waals surface area contributed by atoms with Crippen molar-refractivity contribution in [3.63, 3.8) is 0 Å². The molecule has 2 saturated heterocycles. The van der Waals surface area contributed by atoms with Crippen molar-refractivity contribution in [3.8, 4) is 0 Å². The van der Waals surface area contributed by atoms with E-state index in [4.69, 9.17) is 10.5 Å². The lowest BCUT2D eigenvalue weighted by Crippen LogP contribution is -2.32. The molecule has 2 aliphatic heterocycles. The second-order valence-corrected chi connectivity index (χ2v) is 4.65. The van der Waals surface area contributed by atoms with E-state index in [1.54, 1.807) is 0 Å². The number of ketones is 1. The van der Waals surface area contributed by atoms with E-state index in [0.29, 0.717) is 24.9 Å². The zero-order chi connectivity index (χ0) is 10.7. The number of Topliss-reactive ketones (excluding diaryl/α,β-unsaturated/α-hetero) is 1. The average Bonchev–Trinajstić information content (AvgIpc) is 2.87. The summed E-state index contributed by atoms with van der Waals surface area (Å²) in [5.74, 6) is 1.10. The molecule has 0 aliphatic carbocycles. The first-order chi connectivity index (χ1) is 7.29. The fourth-order valence-corrected chi connectivity index (χ4v) is 2.39. The summed E-state index contributed by atoms with van der Waals surface area (Å²) in [7, 11) is 0. The van der Waals surface area contributed by atoms with E-state index in [2.05, 4.69) is 4.90 Å². The second-order valence-electron chi connectivity index (χ2n) is 4.65. The third-order valence-electron chi connectivity index (χ3n) is 3.47. The first kappa shape index (κ1) is 11.0. The molecule has 15 heavy (non-hydrogen) atoms. The number of likely N-dealkylation sites (tertiary alicyclic amines) is 1. The molecule has 2 aliphatic rings. The monoisotopic (exact) mass is 212 g/mol. The van der Waals surface area contributed by atoms with Gasteiger partial charge in [0, 0.05) is 19.1 Å². The first-order valence-electron chi connectivity index (χ1n) is 5.82. The van der Waals surface area contributed by atoms with Crippen molar-refractivity contribution in [3.05, 3.63) is 0 Å². The molecular weight excluding hydrogens is 192 g/mol. The van der Waals surface area contributed by atoms with Crippen molar-refractivity contribution in [2.75, 3.05) is 39.4 Å². The van der Waals surface area contributed by atoms with E-state index in [1.807, 2.05) is 0 Å². The van der Waals surface area contributed by atoms with Crippen LogP contribution >= 0.6 is 0 Å². The lowest BCUT2D eigenvalue weighted by Gasteiger charge is -2.16. The summed E-state index contributed by atoms with van der Waals surface area (Å²) in [6.45, 7) is 4.76. The average molecular weight is 212 g/mol. The van der Waals surface area contributed by atoms with Crippen LogP contribution in [0.4, 0.5) is 0 Å². The van der Waals surface area contributed by atoms with Crippen LogP contribution < -0.4 is 5.73 Å². The Morgan fingerprint density at radius 3 is 2.93 bits per heavy atom. The quantitative estimate of drug-likeness (QED) is 0.705. The number of ether oxygens (including phenoxy) is 1. The van der Waals surface area contributed by atoms with Gasteiger partial charge in [-0.1, -0.05) is 0 Å². The summed E-state index contributed by atoms with van der Waals surface area (Å²) in [4.78, 5) is 14.1. The van der Waals surface area contributed by atoms with Gasteiger partial charge in [0.15, 0.2) is 5.78 Å². The number of carbonyl (C=O) groups excluding carboxylic acids is 1. The fraction of sp³-hybridized carbons (Fsp3) is 0.909. The van der Waals surface area contributed by atoms with Gasteiger partial charge in [-0.05, 0) is 31.8 Å². The lowest BCUT2D eigenvalue weighted by atomic mass is 10.0. The highest BCUT2D eigenvalue weighted by Crippen LogP contribution is 2.18. The van der Waals surface area contributed by atoms with E-state index in [1.165, 1.54) is 0 Å². The highest BCUT2D eigenvalue weighted by Gasteiger charge is 2.28. The molecule has 0 aromatic rings. The van der Waals surface area contributed by atoms with Gasteiger partial charge in [0.2, 0.25) is 0 Å². The minimum Gasteiger partial charge on any atom is -0.381 e. The van der Waals surface area contributed by atoms with Gasteiger partial charge in [0.05, 0.1) is 13.2 Å². The van der Waals surface area contributed by atoms with Crippen molar-refractivity contribution in [2.24, 2.45) is 17.6 Å². The Morgan fingerprint density at radius 2 is 2.33 bits per heavy atom. The Balaban J connectivity index is 1.74. The summed E-state index contributed by atoms with van der Waals surface area (Å²) >= 11 is 0. The molecule has 0 amide bonds. The summed E-state index contributed by atoms with van der Waals surface area (Å²) in [5.41, 5.74) is 5.62. The molecule has 2 unspecified atom stereocenters. The SMILES string of the molecule is NCC1CCN(CC(=O)C2CCOC2)C1. The molecule has 2 rings (SSSR count). The van der Waals surface area contributed by atoms with Crippen molar-refractivity contribution in [1.82, 2.24) is 4.90 Å². The molecule has 2 fully saturated rings. The number of nitrogens with zero attached hydrogens (tertiary/aromatic N) is 1. The van der Waals surface area contributed by atoms with Gasteiger partial charge in [-0.15, -0.1) is 0 Å². The smallest absolute Gasteiger partial charge is 0.152 e. The molecule has 2 atom stereocenters. The molecule has 86 valence electrons. The highest BCUT2D eigenvalue weighted by molar-refractivity contribution is 5.83. The van der Waals surface area contributed by atoms with Gasteiger partial charge in [0.25, 0.3) is 0 Å². The zero-order valence-electron chi connectivity index (χ0n) is 9.15. The van der Waals surface area contributed by atoms with Crippen LogP contribution in [0.3, 0.4) is 0 Å². The normalized spacial score (nSPS) is 32.3. The van der Waals surface area contributed by atoms with Crippen LogP contribution in [0, 0.1) is 11.8 Å². The standard InChI is InChI=1S/C11H20N2O2/c12-5-9-1-3-13(6-9)7-11(14)10-2-4-15-8-10/h9-10H,1-8,12H2. The van der Waals surface area contributed by atoms with Crippen LogP contribution in [-0.2, 0) is 9.53 Å². The van der Waals surface area contributed by atoms with Crippen LogP contribution in [-0.4, -0.2) is 50.1 Å². The zero-order valence-corrected chi connectivity index (χ0v) is 9.15. The summed E-state index contributed by atoms with van der Waals surface area (Å²) in [6.07, 6.45) is 2.05. The summed E-state index contributed by atoms with van der Waals surface area (Å²) < 4.78 is 5.23. The van der Waals surface area contributed by atoms with E-state index < -0.39 is 0 Å². The second kappa shape index (κ2) is 5.05. The van der Waals surface area contributed by atoms with Crippen molar-refractivity contribution in [2.45, 2.75) is 12.8 Å². The van der Waals surface area contributed by atoms with Crippen LogP contribution in [0.1, 0.15) is 12.8 Å². The van der Waals surface area contributed by atoms with Crippen LogP contribution in [0.15, 0.2) is 0 Å². The molecular formula is C11H20N2O2. The summed E-state index contributed by atoms with van der Waals surface area (Å²) in [6, 6.07) is 0. The largest absolute Gasteiger partial charge is 0.381 e. The van der Waals surface area contributed by atoms with Crippen molar-refractivity contribution >= 4 is 5.78 Å². The molecule has 0 saturated carbocycles. The van der Waals surface area contributed by atoms with Gasteiger partial charge >= 0.3 is 0 Å². The van der Waals surface area contributed by atoms with Crippen LogP contribution in [0.2, 0.25) is 0 Å². The minimum atomic E-state index is 0.155. The minimum absolute atomic E-state index is 0.155. The van der Waals surface area contributed by atoms with Crippen LogP contribution in [0.25, 0.3) is 0 Å². The first-order valence-corrected chi connectivity index (χ1v) is 5.82. The van der Waals surface area contributed by atoms with E-state index >= 15 is 0 Å². The lowest BCUT2D eigenvalue weighted by molar-refractivity contribution is -0.123. The van der Waals surface area contributed by atoms with Crippen molar-refractivity contribution < 1.29 is 9.53 Å². The van der Waals surface area contributed by atoms with Gasteiger partial charge < -0.3 is 10.5 Å². The molecule has 4 nitrogen and oxygen atoms in total. The maximum absolute atomic E-state index is 11.8. The Bertz CT molecular complexity index is 227. The Kier molecular flexibility index (Phi) is 3.72. The Labute approximate surface area is 90.8 Å². The topological polar surface area (TPSA) is 55.6 Å². The number of rotatable bonds is 4. The van der Waals surface area contributed by atoms with Gasteiger partial charge in [-0.3, -0.25) is 9.69 Å². The Hall–Kier alpha value is -0.450. The van der Waals surface area contributed by atoms with Gasteiger partial charge in [0.1, 0.15) is 0 Å². The molecule has 0 aromatic heterocycles. The molecule has 0 aromatic carbocycles. The van der Waals surface area contributed by atoms with E-state index in [0.717, 1.165) is 39.1 Å². The number of hydrogen-bond donors (Lipinski definition) is 1. The molecule has 2 N–H and O–H groups in total. The fourth-order valence-electron chi connectivity index (χ4n) is 2.39. The Morgan fingerprint density at radius 1 is 1.47 bits per heavy atom. The van der Waals surface area contributed by atoms with Crippen molar-refractivity contribution in [1.29, 1.82) is 0 Å². The molecule has 2 heterocycles. The number of carbonyl (C=O) groups is 1. The predicted octanol–water partition coefficient (Wildman–Crippen LogP) is -0.127. The van der Waals surface area contributed by atoms with Gasteiger partial charge in [-0.25, -0.2) is 0 Å². The summed E-state index contributed by atoms with van der Waals surface area (Å²) in [5, 5.41) is 0. The molecule has 4 heteroatoms. The van der Waals surface area contributed by atoms with Gasteiger partial charge in [-0.2, -0.15) is 0 Å². The third-order valence-corrected chi connectivity index (χ3v) is 3.47.